The zero-order valence-electron chi connectivity index (χ0n) is 13.0. The number of carbonyl (C=O) groups is 1. The Balaban J connectivity index is 1.92. The highest BCUT2D eigenvalue weighted by atomic mass is 35.5. The van der Waals surface area contributed by atoms with E-state index in [0.29, 0.717) is 0 Å². The second kappa shape index (κ2) is 7.32. The quantitative estimate of drug-likeness (QED) is 0.724. The van der Waals surface area contributed by atoms with Gasteiger partial charge in [0.25, 0.3) is 5.91 Å². The van der Waals surface area contributed by atoms with Gasteiger partial charge in [0.1, 0.15) is 10.7 Å². The number of rotatable bonds is 5. The van der Waals surface area contributed by atoms with Crippen LogP contribution in [0.2, 0.25) is 15.1 Å². The number of anilines is 1. The number of amides is 1. The van der Waals surface area contributed by atoms with E-state index in [1.54, 1.807) is 0 Å². The van der Waals surface area contributed by atoms with Gasteiger partial charge in [0.15, 0.2) is 0 Å². The van der Waals surface area contributed by atoms with Gasteiger partial charge < -0.3 is 5.32 Å². The molecule has 2 aromatic rings. The smallest absolute Gasteiger partial charge is 0.257 e. The van der Waals surface area contributed by atoms with E-state index >= 15 is 0 Å². The van der Waals surface area contributed by atoms with Gasteiger partial charge in [0, 0.05) is 11.7 Å². The van der Waals surface area contributed by atoms with Crippen LogP contribution in [-0.4, -0.2) is 20.4 Å². The summed E-state index contributed by atoms with van der Waals surface area (Å²) < 4.78 is 40.5. The van der Waals surface area contributed by atoms with E-state index in [1.165, 1.54) is 18.2 Å². The van der Waals surface area contributed by atoms with Gasteiger partial charge in [-0.3, -0.25) is 4.79 Å². The lowest BCUT2D eigenvalue weighted by Crippen LogP contribution is -2.26. The Hall–Kier alpha value is -1.38. The summed E-state index contributed by atoms with van der Waals surface area (Å²) in [6, 6.07) is 5.81. The summed E-state index contributed by atoms with van der Waals surface area (Å²) >= 11 is 17.7. The molecule has 0 aliphatic heterocycles. The number of carbonyl (C=O) groups excluding carboxylic acids is 1. The van der Waals surface area contributed by atoms with E-state index in [1.807, 2.05) is 0 Å². The van der Waals surface area contributed by atoms with Crippen molar-refractivity contribution in [3.63, 3.8) is 0 Å². The van der Waals surface area contributed by atoms with Gasteiger partial charge in [-0.1, -0.05) is 34.8 Å². The van der Waals surface area contributed by atoms with E-state index < -0.39 is 21.7 Å². The molecule has 2 aromatic carbocycles. The van der Waals surface area contributed by atoms with Crippen molar-refractivity contribution in [2.24, 2.45) is 0 Å². The van der Waals surface area contributed by atoms with Crippen LogP contribution in [0.3, 0.4) is 0 Å². The molecule has 0 aromatic heterocycles. The number of halogens is 4. The lowest BCUT2D eigenvalue weighted by atomic mass is 10.2. The maximum Gasteiger partial charge on any atom is 0.257 e. The topological polar surface area (TPSA) is 75.3 Å². The SMILES string of the molecule is O=C(Nc1ccc(F)c(Cl)c1)c1cc(S(=O)(=O)NC2CC2)c(Cl)cc1Cl. The van der Waals surface area contributed by atoms with Gasteiger partial charge in [-0.15, -0.1) is 0 Å². The molecule has 0 bridgehead atoms. The van der Waals surface area contributed by atoms with E-state index in [0.717, 1.165) is 25.0 Å². The lowest BCUT2D eigenvalue weighted by molar-refractivity contribution is 0.102. The van der Waals surface area contributed by atoms with Gasteiger partial charge in [-0.25, -0.2) is 17.5 Å². The highest BCUT2D eigenvalue weighted by molar-refractivity contribution is 7.89. The minimum atomic E-state index is -3.88. The fraction of sp³-hybridized carbons (Fsp3) is 0.188. The molecule has 0 saturated heterocycles. The summed E-state index contributed by atoms with van der Waals surface area (Å²) in [4.78, 5) is 12.2. The van der Waals surface area contributed by atoms with Gasteiger partial charge in [-0.2, -0.15) is 0 Å². The maximum absolute atomic E-state index is 13.2. The summed E-state index contributed by atoms with van der Waals surface area (Å²) in [6.45, 7) is 0. The Kier molecular flexibility index (Phi) is 5.46. The predicted octanol–water partition coefficient (Wildman–Crippen LogP) is 4.48. The van der Waals surface area contributed by atoms with E-state index in [9.17, 15) is 17.6 Å². The van der Waals surface area contributed by atoms with Crippen molar-refractivity contribution in [1.82, 2.24) is 4.72 Å². The molecule has 138 valence electrons. The normalized spacial score (nSPS) is 14.3. The van der Waals surface area contributed by atoms with Crippen molar-refractivity contribution in [2.75, 3.05) is 5.32 Å². The second-order valence-corrected chi connectivity index (χ2v) is 8.65. The molecule has 1 fully saturated rings. The predicted molar refractivity (Wildman–Crippen MR) is 99.2 cm³/mol. The van der Waals surface area contributed by atoms with Crippen molar-refractivity contribution in [2.45, 2.75) is 23.8 Å². The molecule has 26 heavy (non-hydrogen) atoms. The average molecular weight is 438 g/mol. The standard InChI is InChI=1S/C16H12Cl3FN2O3S/c17-11-7-13(19)15(26(24,25)22-8-1-2-8)6-10(11)16(23)21-9-3-4-14(20)12(18)5-9/h3-8,22H,1-2H2,(H,21,23). The van der Waals surface area contributed by atoms with Crippen LogP contribution >= 0.6 is 34.8 Å². The molecule has 2 N–H and O–H groups in total. The van der Waals surface area contributed by atoms with Gasteiger partial charge >= 0.3 is 0 Å². The number of sulfonamides is 1. The van der Waals surface area contributed by atoms with E-state index in [2.05, 4.69) is 10.0 Å². The largest absolute Gasteiger partial charge is 0.322 e. The van der Waals surface area contributed by atoms with Gasteiger partial charge in [-0.05, 0) is 43.2 Å². The Morgan fingerprint density at radius 3 is 2.35 bits per heavy atom. The first kappa shape index (κ1) is 19.4. The first-order chi connectivity index (χ1) is 12.2. The number of hydrogen-bond donors (Lipinski definition) is 2. The Bertz CT molecular complexity index is 994. The Morgan fingerprint density at radius 1 is 1.04 bits per heavy atom. The molecule has 0 unspecified atom stereocenters. The molecule has 1 aliphatic rings. The van der Waals surface area contributed by atoms with Crippen molar-refractivity contribution >= 4 is 56.4 Å². The Morgan fingerprint density at radius 2 is 1.73 bits per heavy atom. The van der Waals surface area contributed by atoms with Crippen molar-refractivity contribution < 1.29 is 17.6 Å². The molecule has 3 rings (SSSR count). The Labute approximate surface area is 164 Å². The number of benzene rings is 2. The third-order valence-corrected chi connectivity index (χ3v) is 6.22. The minimum Gasteiger partial charge on any atom is -0.322 e. The summed E-state index contributed by atoms with van der Waals surface area (Å²) in [5, 5.41) is 2.21. The molecule has 1 saturated carbocycles. The molecule has 0 heterocycles. The second-order valence-electron chi connectivity index (χ2n) is 5.74. The first-order valence-corrected chi connectivity index (χ1v) is 10.1. The maximum atomic E-state index is 13.2. The molecule has 10 heteroatoms. The first-order valence-electron chi connectivity index (χ1n) is 7.45. The van der Waals surface area contributed by atoms with Crippen LogP contribution in [0, 0.1) is 5.82 Å². The summed E-state index contributed by atoms with van der Waals surface area (Å²) in [6.07, 6.45) is 1.51. The molecule has 1 aliphatic carbocycles. The van der Waals surface area contributed by atoms with Gasteiger partial charge in [0.05, 0.1) is 20.6 Å². The van der Waals surface area contributed by atoms with Crippen LogP contribution in [-0.2, 0) is 10.0 Å². The van der Waals surface area contributed by atoms with Crippen LogP contribution in [0.1, 0.15) is 23.2 Å². The number of hydrogen-bond acceptors (Lipinski definition) is 3. The van der Waals surface area contributed by atoms with Crippen LogP contribution in [0.4, 0.5) is 10.1 Å². The summed E-state index contributed by atoms with van der Waals surface area (Å²) in [7, 11) is -3.88. The van der Waals surface area contributed by atoms with E-state index in [-0.39, 0.29) is 37.3 Å². The average Bonchev–Trinajstić information content (AvgIpc) is 3.33. The third kappa shape index (κ3) is 4.29. The highest BCUT2D eigenvalue weighted by Gasteiger charge is 2.30. The molecule has 0 radical (unpaired) electrons. The fourth-order valence-corrected chi connectivity index (χ4v) is 4.51. The van der Waals surface area contributed by atoms with Crippen LogP contribution in [0.25, 0.3) is 0 Å². The monoisotopic (exact) mass is 436 g/mol. The molecule has 0 atom stereocenters. The van der Waals surface area contributed by atoms with Crippen molar-refractivity contribution in [1.29, 1.82) is 0 Å². The molecule has 0 spiro atoms. The zero-order chi connectivity index (χ0) is 19.1. The minimum absolute atomic E-state index is 0.0221. The lowest BCUT2D eigenvalue weighted by Gasteiger charge is -2.12. The summed E-state index contributed by atoms with van der Waals surface area (Å²) in [5.74, 6) is -1.31. The molecular formula is C16H12Cl3FN2O3S. The fourth-order valence-electron chi connectivity index (χ4n) is 2.17. The van der Waals surface area contributed by atoms with Gasteiger partial charge in [0.2, 0.25) is 10.0 Å². The van der Waals surface area contributed by atoms with Crippen LogP contribution < -0.4 is 10.0 Å². The number of nitrogens with one attached hydrogen (secondary N) is 2. The van der Waals surface area contributed by atoms with Crippen molar-refractivity contribution in [3.05, 3.63) is 56.8 Å². The zero-order valence-corrected chi connectivity index (χ0v) is 16.1. The van der Waals surface area contributed by atoms with Crippen LogP contribution in [0.5, 0.6) is 0 Å². The molecule has 5 nitrogen and oxygen atoms in total. The van der Waals surface area contributed by atoms with E-state index in [4.69, 9.17) is 34.8 Å². The molecular weight excluding hydrogens is 426 g/mol. The van der Waals surface area contributed by atoms with Crippen LogP contribution in [0.15, 0.2) is 35.2 Å². The van der Waals surface area contributed by atoms with Crippen molar-refractivity contribution in [3.8, 4) is 0 Å². The third-order valence-electron chi connectivity index (χ3n) is 3.63. The molecule has 1 amide bonds. The highest BCUT2D eigenvalue weighted by Crippen LogP contribution is 2.31. The summed E-state index contributed by atoms with van der Waals surface area (Å²) in [5.41, 5.74) is 0.139.